The van der Waals surface area contributed by atoms with Crippen LogP contribution in [-0.2, 0) is 9.59 Å². The van der Waals surface area contributed by atoms with Gasteiger partial charge in [0.05, 0.1) is 6.10 Å². The van der Waals surface area contributed by atoms with Gasteiger partial charge < -0.3 is 20.7 Å². The summed E-state index contributed by atoms with van der Waals surface area (Å²) >= 11 is 0. The van der Waals surface area contributed by atoms with Crippen LogP contribution in [0.15, 0.2) is 0 Å². The molecular formula is C16H32NNaO4. The number of aliphatic hydroxyl groups excluding tert-OH is 1. The molecule has 4 N–H and O–H groups in total. The molecule has 5 nitrogen and oxygen atoms in total. The van der Waals surface area contributed by atoms with Gasteiger partial charge in [-0.2, -0.15) is 6.42 Å². The third-order valence-electron chi connectivity index (χ3n) is 3.19. The van der Waals surface area contributed by atoms with E-state index in [4.69, 9.17) is 15.9 Å². The molecule has 0 rings (SSSR count). The largest absolute Gasteiger partial charge is 1.00 e. The number of carbonyl (C=O) groups is 1. The number of unbranched alkanes of at least 4 members (excludes halogenated alkanes) is 9. The first-order valence-corrected chi connectivity index (χ1v) is 7.98. The number of hydrogen-bond acceptors (Lipinski definition) is 4. The maximum atomic E-state index is 9.89. The van der Waals surface area contributed by atoms with E-state index in [1.54, 1.807) is 0 Å². The van der Waals surface area contributed by atoms with Crippen LogP contribution in [0.25, 0.3) is 0 Å². The van der Waals surface area contributed by atoms with Crippen LogP contribution in [0.5, 0.6) is 0 Å². The average Bonchev–Trinajstić information content (AvgIpc) is 2.45. The zero-order valence-electron chi connectivity index (χ0n) is 14.5. The number of rotatable bonds is 12. The van der Waals surface area contributed by atoms with Crippen LogP contribution in [0.2, 0.25) is 0 Å². The van der Waals surface area contributed by atoms with Gasteiger partial charge in [0, 0.05) is 0 Å². The Balaban J connectivity index is -0.000000348. The summed E-state index contributed by atoms with van der Waals surface area (Å²) in [6, 6.07) is -1.16. The Bertz CT molecular complexity index is 250. The first kappa shape index (κ1) is 26.9. The second-order valence-corrected chi connectivity index (χ2v) is 5.33. The summed E-state index contributed by atoms with van der Waals surface area (Å²) in [6.07, 6.45) is 13.4. The molecule has 0 aliphatic carbocycles. The van der Waals surface area contributed by atoms with E-state index in [2.05, 4.69) is 6.92 Å². The molecule has 2 unspecified atom stereocenters. The predicted octanol–water partition coefficient (Wildman–Crippen LogP) is -0.200. The predicted molar refractivity (Wildman–Crippen MR) is 84.8 cm³/mol. The second-order valence-electron chi connectivity index (χ2n) is 5.33. The number of carboxylic acid groups (broad SMARTS) is 1. The van der Waals surface area contributed by atoms with Gasteiger partial charge >= 0.3 is 35.5 Å². The van der Waals surface area contributed by atoms with E-state index in [0.717, 1.165) is 6.42 Å². The minimum Gasteiger partial charge on any atom is -0.542 e. The summed E-state index contributed by atoms with van der Waals surface area (Å²) in [7, 11) is 0. The average molecular weight is 325 g/mol. The van der Waals surface area contributed by atoms with Crippen molar-refractivity contribution < 1.29 is 49.4 Å². The standard InChI is InChI=1S/C12H23O.C4H9NO3.Na/c1-2-3-4-5-6-7-8-9-10-11-12-13;1-2(6)3(5)4(7)8;/h2-11H2,1H3;2-3,6H,5H2,1H3,(H,7,8);/q-1;;+1. The van der Waals surface area contributed by atoms with Crippen LogP contribution < -0.4 is 35.3 Å². The number of carbonyl (C=O) groups excluding carboxylic acids is 1. The fourth-order valence-corrected chi connectivity index (χ4v) is 1.71. The van der Waals surface area contributed by atoms with Crippen molar-refractivity contribution in [3.8, 4) is 0 Å². The van der Waals surface area contributed by atoms with Crippen molar-refractivity contribution in [2.24, 2.45) is 5.73 Å². The van der Waals surface area contributed by atoms with E-state index < -0.39 is 18.1 Å². The van der Waals surface area contributed by atoms with Gasteiger partial charge in [0.1, 0.15) is 6.04 Å². The molecule has 0 saturated carbocycles. The Kier molecular flexibility index (Phi) is 25.8. The van der Waals surface area contributed by atoms with Crippen LogP contribution in [-0.4, -0.2) is 34.6 Å². The maximum Gasteiger partial charge on any atom is 1.00 e. The van der Waals surface area contributed by atoms with Gasteiger partial charge in [-0.15, -0.1) is 0 Å². The minimum atomic E-state index is -1.18. The Labute approximate surface area is 157 Å². The van der Waals surface area contributed by atoms with Crippen LogP contribution >= 0.6 is 0 Å². The smallest absolute Gasteiger partial charge is 0.542 e. The van der Waals surface area contributed by atoms with Crippen molar-refractivity contribution in [2.45, 2.75) is 90.2 Å². The molecule has 6 heteroatoms. The van der Waals surface area contributed by atoms with E-state index in [1.165, 1.54) is 58.3 Å². The maximum absolute atomic E-state index is 9.89. The van der Waals surface area contributed by atoms with Gasteiger partial charge in [-0.05, 0) is 6.92 Å². The van der Waals surface area contributed by atoms with Gasteiger partial charge in [-0.1, -0.05) is 64.7 Å². The van der Waals surface area contributed by atoms with Crippen molar-refractivity contribution >= 4 is 12.3 Å². The van der Waals surface area contributed by atoms with E-state index >= 15 is 0 Å². The SMILES string of the molecule is CC(O)C(N)C(=O)O.CCCCCCCCCCC[C-]=O.[Na+]. The van der Waals surface area contributed by atoms with E-state index in [0.29, 0.717) is 6.42 Å². The number of hydrogen-bond donors (Lipinski definition) is 3. The molecule has 22 heavy (non-hydrogen) atoms. The van der Waals surface area contributed by atoms with Crippen LogP contribution in [0.1, 0.15) is 78.1 Å². The summed E-state index contributed by atoms with van der Waals surface area (Å²) in [4.78, 5) is 19.7. The Morgan fingerprint density at radius 1 is 1.05 bits per heavy atom. The molecule has 0 aromatic rings. The molecule has 0 radical (unpaired) electrons. The van der Waals surface area contributed by atoms with Crippen molar-refractivity contribution in [1.82, 2.24) is 0 Å². The molecule has 0 aromatic carbocycles. The molecule has 0 aliphatic rings. The number of aliphatic carboxylic acids is 1. The summed E-state index contributed by atoms with van der Waals surface area (Å²) in [5, 5.41) is 16.6. The summed E-state index contributed by atoms with van der Waals surface area (Å²) in [5.74, 6) is -1.18. The van der Waals surface area contributed by atoms with E-state index in [-0.39, 0.29) is 29.6 Å². The second kappa shape index (κ2) is 21.1. The molecule has 0 heterocycles. The van der Waals surface area contributed by atoms with E-state index in [1.807, 2.05) is 6.29 Å². The molecule has 0 aromatic heterocycles. The van der Waals surface area contributed by atoms with E-state index in [9.17, 15) is 9.59 Å². The molecule has 0 spiro atoms. The van der Waals surface area contributed by atoms with Gasteiger partial charge in [0.15, 0.2) is 0 Å². The third-order valence-corrected chi connectivity index (χ3v) is 3.19. The Morgan fingerprint density at radius 2 is 1.45 bits per heavy atom. The summed E-state index contributed by atoms with van der Waals surface area (Å²) < 4.78 is 0. The van der Waals surface area contributed by atoms with Crippen LogP contribution in [0.4, 0.5) is 0 Å². The topological polar surface area (TPSA) is 101 Å². The van der Waals surface area contributed by atoms with Crippen molar-refractivity contribution in [3.05, 3.63) is 0 Å². The molecule has 0 aliphatic heterocycles. The number of aliphatic hydroxyl groups is 1. The summed E-state index contributed by atoms with van der Waals surface area (Å²) in [6.45, 7) is 3.58. The fraction of sp³-hybridized carbons (Fsp3) is 0.875. The van der Waals surface area contributed by atoms with Gasteiger partial charge in [0.25, 0.3) is 0 Å². The summed E-state index contributed by atoms with van der Waals surface area (Å²) in [5.41, 5.74) is 4.91. The van der Waals surface area contributed by atoms with Crippen molar-refractivity contribution in [1.29, 1.82) is 0 Å². The Hall–Kier alpha value is 0.0600. The molecule has 0 fully saturated rings. The molecule has 0 amide bonds. The Morgan fingerprint density at radius 3 is 1.73 bits per heavy atom. The van der Waals surface area contributed by atoms with Gasteiger partial charge in [-0.3, -0.25) is 11.1 Å². The van der Waals surface area contributed by atoms with Crippen LogP contribution in [0, 0.1) is 0 Å². The monoisotopic (exact) mass is 325 g/mol. The third kappa shape index (κ3) is 22.3. The molecule has 2 atom stereocenters. The van der Waals surface area contributed by atoms with Crippen LogP contribution in [0.3, 0.4) is 0 Å². The number of nitrogens with two attached hydrogens (primary N) is 1. The quantitative estimate of drug-likeness (QED) is 0.262. The van der Waals surface area contributed by atoms with Crippen molar-refractivity contribution in [3.63, 3.8) is 0 Å². The molecule has 0 saturated heterocycles. The molecular weight excluding hydrogens is 293 g/mol. The molecule has 0 bridgehead atoms. The first-order valence-electron chi connectivity index (χ1n) is 7.98. The zero-order valence-corrected chi connectivity index (χ0v) is 16.5. The normalized spacial score (nSPS) is 12.4. The minimum absolute atomic E-state index is 0. The fourth-order valence-electron chi connectivity index (χ4n) is 1.71. The zero-order chi connectivity index (χ0) is 16.5. The van der Waals surface area contributed by atoms with Crippen molar-refractivity contribution in [2.75, 3.05) is 0 Å². The van der Waals surface area contributed by atoms with Gasteiger partial charge in [0.2, 0.25) is 0 Å². The first-order chi connectivity index (χ1) is 9.97. The van der Waals surface area contributed by atoms with Gasteiger partial charge in [-0.25, -0.2) is 0 Å². The molecule has 126 valence electrons. The number of carboxylic acids is 1.